The fourth-order valence-corrected chi connectivity index (χ4v) is 2.11. The molecule has 0 heterocycles. The first kappa shape index (κ1) is 17.2. The van der Waals surface area contributed by atoms with Crippen molar-refractivity contribution >= 4 is 23.6 Å². The third-order valence-electron chi connectivity index (χ3n) is 2.24. The van der Waals surface area contributed by atoms with E-state index in [2.05, 4.69) is 12.2 Å². The van der Waals surface area contributed by atoms with E-state index in [-0.39, 0.29) is 5.91 Å². The van der Waals surface area contributed by atoms with Crippen LogP contribution in [0.25, 0.3) is 0 Å². The molecule has 1 unspecified atom stereocenters. The highest BCUT2D eigenvalue weighted by molar-refractivity contribution is 7.99. The lowest BCUT2D eigenvalue weighted by Crippen LogP contribution is -2.39. The molecule has 0 saturated heterocycles. The van der Waals surface area contributed by atoms with E-state index in [9.17, 15) is 9.59 Å². The van der Waals surface area contributed by atoms with Crippen LogP contribution in [0.4, 0.5) is 0 Å². The summed E-state index contributed by atoms with van der Waals surface area (Å²) >= 11 is 1.64. The Morgan fingerprint density at radius 3 is 2.61 bits per heavy atom. The SMILES string of the molecule is CCCCOCCSCCC(NC(C)=O)C(=O)O. The molecule has 0 rings (SSSR count). The summed E-state index contributed by atoms with van der Waals surface area (Å²) in [7, 11) is 0. The molecule has 0 aromatic rings. The third-order valence-corrected chi connectivity index (χ3v) is 3.22. The van der Waals surface area contributed by atoms with Crippen LogP contribution < -0.4 is 5.32 Å². The number of aliphatic carboxylic acids is 1. The van der Waals surface area contributed by atoms with E-state index < -0.39 is 12.0 Å². The van der Waals surface area contributed by atoms with Crippen molar-refractivity contribution in [2.24, 2.45) is 0 Å². The van der Waals surface area contributed by atoms with E-state index in [1.54, 1.807) is 11.8 Å². The predicted molar refractivity (Wildman–Crippen MR) is 72.9 cm³/mol. The molecule has 5 nitrogen and oxygen atoms in total. The minimum Gasteiger partial charge on any atom is -0.480 e. The van der Waals surface area contributed by atoms with Gasteiger partial charge in [-0.15, -0.1) is 0 Å². The summed E-state index contributed by atoms with van der Waals surface area (Å²) in [6.07, 6.45) is 2.65. The van der Waals surface area contributed by atoms with Crippen LogP contribution in [0.3, 0.4) is 0 Å². The number of hydrogen-bond donors (Lipinski definition) is 2. The number of carboxylic acid groups (broad SMARTS) is 1. The van der Waals surface area contributed by atoms with Crippen LogP contribution in [0, 0.1) is 0 Å². The highest BCUT2D eigenvalue weighted by Gasteiger charge is 2.17. The number of amides is 1. The first-order chi connectivity index (χ1) is 8.57. The van der Waals surface area contributed by atoms with Gasteiger partial charge in [-0.3, -0.25) is 4.79 Å². The molecule has 6 heteroatoms. The summed E-state index contributed by atoms with van der Waals surface area (Å²) in [4.78, 5) is 21.6. The zero-order chi connectivity index (χ0) is 13.8. The standard InChI is InChI=1S/C12H23NO4S/c1-3-4-6-17-7-9-18-8-5-11(12(15)16)13-10(2)14/h11H,3-9H2,1-2H3,(H,13,14)(H,15,16). The molecule has 1 amide bonds. The summed E-state index contributed by atoms with van der Waals surface area (Å²) < 4.78 is 5.39. The van der Waals surface area contributed by atoms with E-state index in [0.29, 0.717) is 18.8 Å². The fourth-order valence-electron chi connectivity index (χ4n) is 1.27. The Morgan fingerprint density at radius 1 is 1.33 bits per heavy atom. The molecule has 0 spiro atoms. The van der Waals surface area contributed by atoms with E-state index in [1.165, 1.54) is 6.92 Å². The second-order valence-electron chi connectivity index (χ2n) is 3.96. The zero-order valence-electron chi connectivity index (χ0n) is 11.1. The van der Waals surface area contributed by atoms with Gasteiger partial charge in [-0.2, -0.15) is 11.8 Å². The lowest BCUT2D eigenvalue weighted by molar-refractivity contribution is -0.141. The van der Waals surface area contributed by atoms with E-state index in [4.69, 9.17) is 9.84 Å². The van der Waals surface area contributed by atoms with Gasteiger partial charge in [-0.05, 0) is 18.6 Å². The maximum atomic E-state index is 10.8. The van der Waals surface area contributed by atoms with E-state index in [0.717, 1.165) is 25.2 Å². The molecule has 0 saturated carbocycles. The van der Waals surface area contributed by atoms with Crippen molar-refractivity contribution in [1.82, 2.24) is 5.32 Å². The predicted octanol–water partition coefficient (Wildman–Crippen LogP) is 1.52. The van der Waals surface area contributed by atoms with Crippen molar-refractivity contribution in [3.05, 3.63) is 0 Å². The average molecular weight is 277 g/mol. The number of ether oxygens (including phenoxy) is 1. The lowest BCUT2D eigenvalue weighted by atomic mass is 10.2. The number of carboxylic acids is 1. The molecule has 0 bridgehead atoms. The molecule has 0 aromatic carbocycles. The van der Waals surface area contributed by atoms with E-state index >= 15 is 0 Å². The van der Waals surface area contributed by atoms with Crippen LogP contribution in [0.1, 0.15) is 33.1 Å². The Hall–Kier alpha value is -0.750. The topological polar surface area (TPSA) is 75.6 Å². The average Bonchev–Trinajstić information content (AvgIpc) is 2.30. The Kier molecular flexibility index (Phi) is 10.9. The molecule has 18 heavy (non-hydrogen) atoms. The number of hydrogen-bond acceptors (Lipinski definition) is 4. The first-order valence-electron chi connectivity index (χ1n) is 6.23. The molecule has 0 aliphatic rings. The van der Waals surface area contributed by atoms with Crippen LogP contribution in [-0.2, 0) is 14.3 Å². The molecule has 0 radical (unpaired) electrons. The summed E-state index contributed by atoms with van der Waals surface area (Å²) in [5.74, 6) is 0.269. The van der Waals surface area contributed by atoms with Crippen molar-refractivity contribution in [3.63, 3.8) is 0 Å². The van der Waals surface area contributed by atoms with Crippen molar-refractivity contribution in [1.29, 1.82) is 0 Å². The molecule has 0 aromatic heterocycles. The van der Waals surface area contributed by atoms with Crippen LogP contribution in [-0.4, -0.2) is 47.7 Å². The second kappa shape index (κ2) is 11.3. The monoisotopic (exact) mass is 277 g/mol. The largest absolute Gasteiger partial charge is 0.480 e. The fraction of sp³-hybridized carbons (Fsp3) is 0.833. The second-order valence-corrected chi connectivity index (χ2v) is 5.18. The van der Waals surface area contributed by atoms with Crippen LogP contribution in [0.15, 0.2) is 0 Å². The lowest BCUT2D eigenvalue weighted by Gasteiger charge is -2.12. The van der Waals surface area contributed by atoms with Gasteiger partial charge >= 0.3 is 5.97 Å². The molecule has 0 fully saturated rings. The Balaban J connectivity index is 3.49. The van der Waals surface area contributed by atoms with Crippen molar-refractivity contribution < 1.29 is 19.4 Å². The van der Waals surface area contributed by atoms with Gasteiger partial charge in [-0.25, -0.2) is 4.79 Å². The van der Waals surface area contributed by atoms with Crippen LogP contribution in [0.2, 0.25) is 0 Å². The zero-order valence-corrected chi connectivity index (χ0v) is 11.9. The molecule has 106 valence electrons. The van der Waals surface area contributed by atoms with Crippen LogP contribution in [0.5, 0.6) is 0 Å². The minimum atomic E-state index is -0.981. The number of carbonyl (C=O) groups is 2. The quantitative estimate of drug-likeness (QED) is 0.560. The summed E-state index contributed by atoms with van der Waals surface area (Å²) in [6.45, 7) is 4.93. The van der Waals surface area contributed by atoms with Gasteiger partial charge in [0.1, 0.15) is 6.04 Å². The number of unbranched alkanes of at least 4 members (excludes halogenated alkanes) is 1. The molecular weight excluding hydrogens is 254 g/mol. The number of rotatable bonds is 11. The summed E-state index contributed by atoms with van der Waals surface area (Å²) in [6, 6.07) is -0.781. The summed E-state index contributed by atoms with van der Waals surface area (Å²) in [5, 5.41) is 11.3. The normalized spacial score (nSPS) is 12.1. The Morgan fingerprint density at radius 2 is 2.06 bits per heavy atom. The molecule has 0 aliphatic heterocycles. The van der Waals surface area contributed by atoms with Gasteiger partial charge in [0.2, 0.25) is 5.91 Å². The van der Waals surface area contributed by atoms with Gasteiger partial charge in [0.15, 0.2) is 0 Å². The summed E-state index contributed by atoms with van der Waals surface area (Å²) in [5.41, 5.74) is 0. The number of thioether (sulfide) groups is 1. The molecule has 1 atom stereocenters. The maximum absolute atomic E-state index is 10.8. The number of nitrogens with one attached hydrogen (secondary N) is 1. The first-order valence-corrected chi connectivity index (χ1v) is 7.38. The molecule has 0 aliphatic carbocycles. The molecule has 2 N–H and O–H groups in total. The van der Waals surface area contributed by atoms with Gasteiger partial charge in [-0.1, -0.05) is 13.3 Å². The number of carbonyl (C=O) groups excluding carboxylic acids is 1. The van der Waals surface area contributed by atoms with Gasteiger partial charge in [0.25, 0.3) is 0 Å². The maximum Gasteiger partial charge on any atom is 0.326 e. The third kappa shape index (κ3) is 10.4. The molecular formula is C12H23NO4S. The van der Waals surface area contributed by atoms with Crippen molar-refractivity contribution in [2.75, 3.05) is 24.7 Å². The highest BCUT2D eigenvalue weighted by atomic mass is 32.2. The van der Waals surface area contributed by atoms with E-state index in [1.807, 2.05) is 0 Å². The van der Waals surface area contributed by atoms with Gasteiger partial charge < -0.3 is 15.2 Å². The van der Waals surface area contributed by atoms with Crippen molar-refractivity contribution in [3.8, 4) is 0 Å². The smallest absolute Gasteiger partial charge is 0.326 e. The van der Waals surface area contributed by atoms with Gasteiger partial charge in [0, 0.05) is 19.3 Å². The van der Waals surface area contributed by atoms with Gasteiger partial charge in [0.05, 0.1) is 6.61 Å². The Labute approximate surface area is 113 Å². The highest BCUT2D eigenvalue weighted by Crippen LogP contribution is 2.05. The minimum absolute atomic E-state index is 0.310. The van der Waals surface area contributed by atoms with Crippen molar-refractivity contribution in [2.45, 2.75) is 39.2 Å². The van der Waals surface area contributed by atoms with Crippen LogP contribution >= 0.6 is 11.8 Å². The Bertz CT molecular complexity index is 248.